The molecule has 1 atom stereocenters. The standard InChI is InChI=1S/C18H21N3OS/c19-16-5-3-15(4-6-16)13-22-17(12-21-10-9-20-14-21)7-8-18-2-1-11-23-18/h1-6,9-11,14,17H,7-8,12-13,19H2. The Kier molecular flexibility index (Phi) is 5.45. The first-order valence-electron chi connectivity index (χ1n) is 7.74. The van der Waals surface area contributed by atoms with Crippen LogP contribution in [0.2, 0.25) is 0 Å². The fourth-order valence-corrected chi connectivity index (χ4v) is 3.17. The highest BCUT2D eigenvalue weighted by atomic mass is 32.1. The second-order valence-electron chi connectivity index (χ2n) is 5.55. The summed E-state index contributed by atoms with van der Waals surface area (Å²) < 4.78 is 8.23. The van der Waals surface area contributed by atoms with Gasteiger partial charge in [-0.05, 0) is 42.0 Å². The summed E-state index contributed by atoms with van der Waals surface area (Å²) in [5.74, 6) is 0. The van der Waals surface area contributed by atoms with E-state index < -0.39 is 0 Å². The molecule has 0 saturated heterocycles. The fraction of sp³-hybridized carbons (Fsp3) is 0.278. The number of nitrogens with zero attached hydrogens (tertiary/aromatic N) is 2. The maximum atomic E-state index is 6.15. The number of ether oxygens (including phenoxy) is 1. The summed E-state index contributed by atoms with van der Waals surface area (Å²) in [6.45, 7) is 1.42. The van der Waals surface area contributed by atoms with E-state index in [1.165, 1.54) is 4.88 Å². The molecule has 3 rings (SSSR count). The van der Waals surface area contributed by atoms with Crippen molar-refractivity contribution in [3.05, 3.63) is 70.9 Å². The molecule has 0 aliphatic rings. The zero-order chi connectivity index (χ0) is 15.9. The fourth-order valence-electron chi connectivity index (χ4n) is 2.44. The summed E-state index contributed by atoms with van der Waals surface area (Å²) in [5, 5.41) is 2.12. The highest BCUT2D eigenvalue weighted by Gasteiger charge is 2.11. The predicted molar refractivity (Wildman–Crippen MR) is 94.3 cm³/mol. The van der Waals surface area contributed by atoms with Gasteiger partial charge in [-0.15, -0.1) is 11.3 Å². The Morgan fingerprint density at radius 1 is 1.22 bits per heavy atom. The number of hydrogen-bond acceptors (Lipinski definition) is 4. The minimum Gasteiger partial charge on any atom is -0.399 e. The molecule has 0 fully saturated rings. The molecule has 1 unspecified atom stereocenters. The number of aromatic nitrogens is 2. The molecule has 5 heteroatoms. The molecule has 2 heterocycles. The Labute approximate surface area is 140 Å². The Bertz CT molecular complexity index is 678. The third-order valence-corrected chi connectivity index (χ3v) is 4.67. The molecule has 2 aromatic heterocycles. The van der Waals surface area contributed by atoms with Crippen LogP contribution in [0.15, 0.2) is 60.5 Å². The van der Waals surface area contributed by atoms with Gasteiger partial charge < -0.3 is 15.0 Å². The highest BCUT2D eigenvalue weighted by molar-refractivity contribution is 7.09. The van der Waals surface area contributed by atoms with Crippen molar-refractivity contribution in [2.45, 2.75) is 32.1 Å². The van der Waals surface area contributed by atoms with Crippen LogP contribution in [-0.2, 0) is 24.3 Å². The van der Waals surface area contributed by atoms with Crippen LogP contribution >= 0.6 is 11.3 Å². The van der Waals surface area contributed by atoms with Gasteiger partial charge in [0.15, 0.2) is 0 Å². The first-order valence-corrected chi connectivity index (χ1v) is 8.62. The lowest BCUT2D eigenvalue weighted by Crippen LogP contribution is -2.20. The van der Waals surface area contributed by atoms with E-state index in [0.717, 1.165) is 30.6 Å². The van der Waals surface area contributed by atoms with E-state index in [2.05, 4.69) is 27.1 Å². The first kappa shape index (κ1) is 15.8. The van der Waals surface area contributed by atoms with Gasteiger partial charge in [0.25, 0.3) is 0 Å². The Morgan fingerprint density at radius 2 is 2.09 bits per heavy atom. The minimum atomic E-state index is 0.156. The SMILES string of the molecule is Nc1ccc(COC(CCc2cccs2)Cn2ccnc2)cc1. The number of nitrogen functional groups attached to an aromatic ring is 1. The average molecular weight is 327 g/mol. The van der Waals surface area contributed by atoms with Gasteiger partial charge in [0, 0.05) is 29.5 Å². The van der Waals surface area contributed by atoms with Crippen molar-refractivity contribution in [3.8, 4) is 0 Å². The maximum absolute atomic E-state index is 6.15. The zero-order valence-corrected chi connectivity index (χ0v) is 13.8. The molecule has 2 N–H and O–H groups in total. The van der Waals surface area contributed by atoms with Crippen LogP contribution in [0, 0.1) is 0 Å². The quantitative estimate of drug-likeness (QED) is 0.641. The monoisotopic (exact) mass is 327 g/mol. The van der Waals surface area contributed by atoms with Gasteiger partial charge in [-0.2, -0.15) is 0 Å². The van der Waals surface area contributed by atoms with E-state index in [-0.39, 0.29) is 6.10 Å². The molecule has 120 valence electrons. The van der Waals surface area contributed by atoms with E-state index in [0.29, 0.717) is 6.61 Å². The highest BCUT2D eigenvalue weighted by Crippen LogP contribution is 2.16. The Morgan fingerprint density at radius 3 is 2.78 bits per heavy atom. The molecule has 0 aliphatic carbocycles. The van der Waals surface area contributed by atoms with E-state index in [4.69, 9.17) is 10.5 Å². The van der Waals surface area contributed by atoms with Gasteiger partial charge in [-0.1, -0.05) is 18.2 Å². The summed E-state index contributed by atoms with van der Waals surface area (Å²) >= 11 is 1.80. The van der Waals surface area contributed by atoms with Crippen molar-refractivity contribution in [1.82, 2.24) is 9.55 Å². The van der Waals surface area contributed by atoms with E-state index in [9.17, 15) is 0 Å². The molecule has 0 saturated carbocycles. The van der Waals surface area contributed by atoms with Gasteiger partial charge in [0.05, 0.1) is 19.0 Å². The molecule has 3 aromatic rings. The first-order chi connectivity index (χ1) is 11.3. The van der Waals surface area contributed by atoms with Crippen molar-refractivity contribution >= 4 is 17.0 Å². The van der Waals surface area contributed by atoms with Crippen LogP contribution in [0.1, 0.15) is 16.9 Å². The molecule has 0 spiro atoms. The van der Waals surface area contributed by atoms with Crippen LogP contribution in [0.5, 0.6) is 0 Å². The third-order valence-electron chi connectivity index (χ3n) is 3.73. The van der Waals surface area contributed by atoms with Crippen LogP contribution in [0.3, 0.4) is 0 Å². The second kappa shape index (κ2) is 7.94. The van der Waals surface area contributed by atoms with Gasteiger partial charge in [-0.25, -0.2) is 4.98 Å². The summed E-state index contributed by atoms with van der Waals surface area (Å²) in [7, 11) is 0. The summed E-state index contributed by atoms with van der Waals surface area (Å²) in [5.41, 5.74) is 7.65. The smallest absolute Gasteiger partial charge is 0.0946 e. The number of imidazole rings is 1. The second-order valence-corrected chi connectivity index (χ2v) is 6.58. The third kappa shape index (κ3) is 4.94. The van der Waals surface area contributed by atoms with Crippen LogP contribution < -0.4 is 5.73 Å². The molecule has 1 aromatic carbocycles. The average Bonchev–Trinajstić information content (AvgIpc) is 3.25. The maximum Gasteiger partial charge on any atom is 0.0946 e. The summed E-state index contributed by atoms with van der Waals surface area (Å²) in [6.07, 6.45) is 7.81. The lowest BCUT2D eigenvalue weighted by Gasteiger charge is -2.18. The van der Waals surface area contributed by atoms with Gasteiger partial charge in [-0.3, -0.25) is 0 Å². The van der Waals surface area contributed by atoms with Crippen molar-refractivity contribution in [2.24, 2.45) is 0 Å². The molecular weight excluding hydrogens is 306 g/mol. The Balaban J connectivity index is 1.58. The van der Waals surface area contributed by atoms with Gasteiger partial charge in [0.1, 0.15) is 0 Å². The van der Waals surface area contributed by atoms with E-state index >= 15 is 0 Å². The zero-order valence-electron chi connectivity index (χ0n) is 13.0. The number of thiophene rings is 1. The largest absolute Gasteiger partial charge is 0.399 e. The number of aryl methyl sites for hydroxylation is 1. The number of nitrogens with two attached hydrogens (primary N) is 1. The lowest BCUT2D eigenvalue weighted by atomic mass is 10.1. The van der Waals surface area contributed by atoms with Crippen molar-refractivity contribution < 1.29 is 4.74 Å². The van der Waals surface area contributed by atoms with E-state index in [1.54, 1.807) is 17.5 Å². The van der Waals surface area contributed by atoms with Crippen LogP contribution in [-0.4, -0.2) is 15.7 Å². The van der Waals surface area contributed by atoms with Crippen LogP contribution in [0.25, 0.3) is 0 Å². The molecule has 0 bridgehead atoms. The summed E-state index contributed by atoms with van der Waals surface area (Å²) in [6, 6.07) is 12.1. The van der Waals surface area contributed by atoms with E-state index in [1.807, 2.05) is 36.8 Å². The van der Waals surface area contributed by atoms with Crippen LogP contribution in [0.4, 0.5) is 5.69 Å². The lowest BCUT2D eigenvalue weighted by molar-refractivity contribution is 0.0241. The number of anilines is 1. The summed E-state index contributed by atoms with van der Waals surface area (Å²) in [4.78, 5) is 5.51. The molecule has 0 radical (unpaired) electrons. The van der Waals surface area contributed by atoms with Crippen molar-refractivity contribution in [1.29, 1.82) is 0 Å². The Hall–Kier alpha value is -2.11. The van der Waals surface area contributed by atoms with Crippen molar-refractivity contribution in [3.63, 3.8) is 0 Å². The van der Waals surface area contributed by atoms with Crippen molar-refractivity contribution in [2.75, 3.05) is 5.73 Å². The van der Waals surface area contributed by atoms with Gasteiger partial charge >= 0.3 is 0 Å². The number of benzene rings is 1. The molecular formula is C18H21N3OS. The predicted octanol–water partition coefficient (Wildman–Crippen LogP) is 3.75. The number of rotatable bonds is 8. The molecule has 23 heavy (non-hydrogen) atoms. The molecule has 4 nitrogen and oxygen atoms in total. The molecule has 0 amide bonds. The normalized spacial score (nSPS) is 12.3. The number of hydrogen-bond donors (Lipinski definition) is 1. The topological polar surface area (TPSA) is 53.1 Å². The molecule has 0 aliphatic heterocycles. The minimum absolute atomic E-state index is 0.156. The van der Waals surface area contributed by atoms with Gasteiger partial charge in [0.2, 0.25) is 0 Å².